The Hall–Kier alpha value is -1.22. The van der Waals surface area contributed by atoms with Gasteiger partial charge in [-0.05, 0) is 25.0 Å². The highest BCUT2D eigenvalue weighted by Gasteiger charge is 2.20. The Morgan fingerprint density at radius 1 is 1.47 bits per heavy atom. The molecule has 1 heterocycles. The van der Waals surface area contributed by atoms with Gasteiger partial charge in [-0.3, -0.25) is 0 Å². The minimum atomic E-state index is -0.183. The summed E-state index contributed by atoms with van der Waals surface area (Å²) < 4.78 is 5.28. The Kier molecular flexibility index (Phi) is 2.82. The second-order valence-corrected chi connectivity index (χ2v) is 4.04. The van der Waals surface area contributed by atoms with Gasteiger partial charge in [-0.2, -0.15) is 0 Å². The zero-order valence-corrected chi connectivity index (χ0v) is 9.23. The summed E-state index contributed by atoms with van der Waals surface area (Å²) in [7, 11) is 1.69. The number of benzene rings is 1. The summed E-state index contributed by atoms with van der Waals surface area (Å²) in [6.45, 7) is 3.68. The van der Waals surface area contributed by atoms with E-state index in [1.165, 1.54) is 0 Å². The standard InChI is InChI=1S/C12H17NO2/c1-9-3-4-10(7-12(9)15-2)13-6-5-11(14)8-13/h3-4,7,11,14H,5-6,8H2,1-2H3. The van der Waals surface area contributed by atoms with Gasteiger partial charge in [0.05, 0.1) is 13.2 Å². The van der Waals surface area contributed by atoms with E-state index in [0.717, 1.165) is 36.5 Å². The van der Waals surface area contributed by atoms with Crippen LogP contribution in [0.2, 0.25) is 0 Å². The first kappa shape index (κ1) is 10.3. The van der Waals surface area contributed by atoms with Gasteiger partial charge < -0.3 is 14.7 Å². The predicted octanol–water partition coefficient (Wildman–Crippen LogP) is 1.57. The van der Waals surface area contributed by atoms with Gasteiger partial charge >= 0.3 is 0 Å². The molecule has 0 bridgehead atoms. The number of ether oxygens (including phenoxy) is 1. The number of aliphatic hydroxyl groups is 1. The normalized spacial score (nSPS) is 20.7. The number of aliphatic hydroxyl groups excluding tert-OH is 1. The molecule has 1 atom stereocenters. The van der Waals surface area contributed by atoms with Crippen LogP contribution in [0.5, 0.6) is 5.75 Å². The summed E-state index contributed by atoms with van der Waals surface area (Å²) >= 11 is 0. The van der Waals surface area contributed by atoms with E-state index in [9.17, 15) is 5.11 Å². The first-order valence-electron chi connectivity index (χ1n) is 5.28. The summed E-state index contributed by atoms with van der Waals surface area (Å²) in [5.41, 5.74) is 2.27. The monoisotopic (exact) mass is 207 g/mol. The molecule has 82 valence electrons. The van der Waals surface area contributed by atoms with Crippen molar-refractivity contribution in [1.82, 2.24) is 0 Å². The quantitative estimate of drug-likeness (QED) is 0.799. The van der Waals surface area contributed by atoms with Gasteiger partial charge in [0.25, 0.3) is 0 Å². The highest BCUT2D eigenvalue weighted by Crippen LogP contribution is 2.27. The first-order chi connectivity index (χ1) is 7.20. The molecule has 3 nitrogen and oxygen atoms in total. The van der Waals surface area contributed by atoms with Crippen LogP contribution >= 0.6 is 0 Å². The number of hydrogen-bond acceptors (Lipinski definition) is 3. The molecule has 0 aromatic heterocycles. The second kappa shape index (κ2) is 4.11. The maximum atomic E-state index is 9.47. The maximum Gasteiger partial charge on any atom is 0.123 e. The predicted molar refractivity (Wildman–Crippen MR) is 60.6 cm³/mol. The van der Waals surface area contributed by atoms with Crippen LogP contribution in [-0.4, -0.2) is 31.4 Å². The Balaban J connectivity index is 2.21. The molecule has 1 aliphatic rings. The molecule has 0 saturated carbocycles. The van der Waals surface area contributed by atoms with E-state index in [4.69, 9.17) is 4.74 Å². The molecule has 2 rings (SSSR count). The lowest BCUT2D eigenvalue weighted by Gasteiger charge is -2.19. The number of β-amino-alcohol motifs (C(OH)–C–C–N with tert-alkyl or cyclic N) is 1. The number of methoxy groups -OCH3 is 1. The molecule has 1 aromatic rings. The number of anilines is 1. The lowest BCUT2D eigenvalue weighted by molar-refractivity contribution is 0.198. The lowest BCUT2D eigenvalue weighted by atomic mass is 10.2. The second-order valence-electron chi connectivity index (χ2n) is 4.04. The van der Waals surface area contributed by atoms with Gasteiger partial charge in [0.1, 0.15) is 5.75 Å². The van der Waals surface area contributed by atoms with Gasteiger partial charge in [0, 0.05) is 24.8 Å². The molecule has 3 heteroatoms. The van der Waals surface area contributed by atoms with Crippen LogP contribution in [0, 0.1) is 6.92 Å². The molecule has 0 aliphatic carbocycles. The summed E-state index contributed by atoms with van der Waals surface area (Å²) in [5, 5.41) is 9.47. The zero-order chi connectivity index (χ0) is 10.8. The highest BCUT2D eigenvalue weighted by molar-refractivity contribution is 5.54. The Morgan fingerprint density at radius 3 is 2.87 bits per heavy atom. The van der Waals surface area contributed by atoms with Crippen molar-refractivity contribution >= 4 is 5.69 Å². The smallest absolute Gasteiger partial charge is 0.123 e. The van der Waals surface area contributed by atoms with Crippen LogP contribution in [0.25, 0.3) is 0 Å². The van der Waals surface area contributed by atoms with Gasteiger partial charge in [-0.15, -0.1) is 0 Å². The highest BCUT2D eigenvalue weighted by atomic mass is 16.5. The topological polar surface area (TPSA) is 32.7 Å². The van der Waals surface area contributed by atoms with E-state index in [0.29, 0.717) is 0 Å². The minimum Gasteiger partial charge on any atom is -0.496 e. The van der Waals surface area contributed by atoms with Crippen molar-refractivity contribution in [2.45, 2.75) is 19.4 Å². The van der Waals surface area contributed by atoms with Crippen molar-refractivity contribution in [2.24, 2.45) is 0 Å². The molecule has 15 heavy (non-hydrogen) atoms. The molecular weight excluding hydrogens is 190 g/mol. The zero-order valence-electron chi connectivity index (χ0n) is 9.23. The average molecular weight is 207 g/mol. The van der Waals surface area contributed by atoms with Crippen LogP contribution in [0.3, 0.4) is 0 Å². The van der Waals surface area contributed by atoms with E-state index in [1.54, 1.807) is 7.11 Å². The SMILES string of the molecule is COc1cc(N2CCC(O)C2)ccc1C. The minimum absolute atomic E-state index is 0.183. The molecule has 0 spiro atoms. The van der Waals surface area contributed by atoms with Crippen LogP contribution in [0.1, 0.15) is 12.0 Å². The fourth-order valence-corrected chi connectivity index (χ4v) is 1.98. The van der Waals surface area contributed by atoms with Crippen LogP contribution < -0.4 is 9.64 Å². The Bertz CT molecular complexity index is 351. The number of aryl methyl sites for hydroxylation is 1. The van der Waals surface area contributed by atoms with Gasteiger partial charge in [0.15, 0.2) is 0 Å². The van der Waals surface area contributed by atoms with E-state index in [-0.39, 0.29) is 6.10 Å². The molecule has 1 aromatic carbocycles. The number of rotatable bonds is 2. The van der Waals surface area contributed by atoms with E-state index >= 15 is 0 Å². The summed E-state index contributed by atoms with van der Waals surface area (Å²) in [4.78, 5) is 2.19. The largest absolute Gasteiger partial charge is 0.496 e. The van der Waals surface area contributed by atoms with Crippen molar-refractivity contribution in [2.75, 3.05) is 25.1 Å². The van der Waals surface area contributed by atoms with Crippen molar-refractivity contribution in [3.63, 3.8) is 0 Å². The van der Waals surface area contributed by atoms with Gasteiger partial charge in [-0.25, -0.2) is 0 Å². The van der Waals surface area contributed by atoms with Crippen molar-refractivity contribution in [3.8, 4) is 5.75 Å². The molecule has 1 saturated heterocycles. The van der Waals surface area contributed by atoms with Crippen molar-refractivity contribution in [1.29, 1.82) is 0 Å². The molecule has 0 amide bonds. The first-order valence-corrected chi connectivity index (χ1v) is 5.28. The molecule has 1 fully saturated rings. The average Bonchev–Trinajstić information content (AvgIpc) is 2.66. The van der Waals surface area contributed by atoms with E-state index in [1.807, 2.05) is 13.0 Å². The fourth-order valence-electron chi connectivity index (χ4n) is 1.98. The molecule has 1 aliphatic heterocycles. The number of hydrogen-bond donors (Lipinski definition) is 1. The molecule has 1 unspecified atom stereocenters. The third-order valence-corrected chi connectivity index (χ3v) is 2.92. The third-order valence-electron chi connectivity index (χ3n) is 2.92. The summed E-state index contributed by atoms with van der Waals surface area (Å²) in [6.07, 6.45) is 0.674. The third kappa shape index (κ3) is 2.07. The molecule has 0 radical (unpaired) electrons. The van der Waals surface area contributed by atoms with Crippen LogP contribution in [0.15, 0.2) is 18.2 Å². The molecule has 1 N–H and O–H groups in total. The van der Waals surface area contributed by atoms with Gasteiger partial charge in [0.2, 0.25) is 0 Å². The molecular formula is C12H17NO2. The van der Waals surface area contributed by atoms with Crippen LogP contribution in [0.4, 0.5) is 5.69 Å². The lowest BCUT2D eigenvalue weighted by Crippen LogP contribution is -2.21. The number of nitrogens with zero attached hydrogens (tertiary/aromatic N) is 1. The van der Waals surface area contributed by atoms with Crippen molar-refractivity contribution < 1.29 is 9.84 Å². The Morgan fingerprint density at radius 2 is 2.27 bits per heavy atom. The van der Waals surface area contributed by atoms with E-state index < -0.39 is 0 Å². The maximum absolute atomic E-state index is 9.47. The summed E-state index contributed by atoms with van der Waals surface area (Å²) in [5.74, 6) is 0.911. The van der Waals surface area contributed by atoms with Crippen molar-refractivity contribution in [3.05, 3.63) is 23.8 Å². The summed E-state index contributed by atoms with van der Waals surface area (Å²) in [6, 6.07) is 6.17. The Labute approximate surface area is 90.3 Å². The fraction of sp³-hybridized carbons (Fsp3) is 0.500. The van der Waals surface area contributed by atoms with Crippen LogP contribution in [-0.2, 0) is 0 Å². The van der Waals surface area contributed by atoms with Gasteiger partial charge in [-0.1, -0.05) is 6.07 Å². The van der Waals surface area contributed by atoms with E-state index in [2.05, 4.69) is 17.0 Å².